The van der Waals surface area contributed by atoms with Gasteiger partial charge in [0.25, 0.3) is 0 Å². The number of hydrogen-bond donors (Lipinski definition) is 0. The summed E-state index contributed by atoms with van der Waals surface area (Å²) in [5, 5.41) is 0. The van der Waals surface area contributed by atoms with Gasteiger partial charge in [-0.2, -0.15) is 0 Å². The lowest BCUT2D eigenvalue weighted by atomic mass is 9.96. The van der Waals surface area contributed by atoms with Gasteiger partial charge >= 0.3 is 0 Å². The van der Waals surface area contributed by atoms with E-state index in [4.69, 9.17) is 0 Å². The van der Waals surface area contributed by atoms with Crippen molar-refractivity contribution in [2.75, 3.05) is 39.5 Å². The van der Waals surface area contributed by atoms with Crippen molar-refractivity contribution in [3.63, 3.8) is 0 Å². The average molecular weight is 371 g/mol. The molecule has 0 saturated carbocycles. The molecule has 1 atom stereocenters. The Morgan fingerprint density at radius 3 is 2.52 bits per heavy atom. The second kappa shape index (κ2) is 7.36. The number of aryl methyl sites for hydroxylation is 1. The lowest BCUT2D eigenvalue weighted by molar-refractivity contribution is 0.109. The number of thioether (sulfide) groups is 1. The molecule has 0 spiro atoms. The fourth-order valence-corrected chi connectivity index (χ4v) is 5.41. The minimum Gasteiger partial charge on any atom is -0.304 e. The van der Waals surface area contributed by atoms with E-state index in [0.29, 0.717) is 6.04 Å². The third-order valence-corrected chi connectivity index (χ3v) is 7.34. The fraction of sp³-hybridized carbons (Fsp3) is 0.429. The molecule has 4 heteroatoms. The molecule has 2 aliphatic heterocycles. The smallest absolute Gasteiger partial charge is 0.0401 e. The molecule has 25 heavy (non-hydrogen) atoms. The van der Waals surface area contributed by atoms with E-state index >= 15 is 0 Å². The number of benzene rings is 2. The minimum atomic E-state index is 0.492. The van der Waals surface area contributed by atoms with Crippen molar-refractivity contribution in [1.82, 2.24) is 9.80 Å². The van der Waals surface area contributed by atoms with Crippen LogP contribution in [0.4, 0.5) is 0 Å². The number of fused-ring (bicyclic) bond motifs is 2. The Bertz CT molecular complexity index is 766. The zero-order chi connectivity index (χ0) is 17.4. The summed E-state index contributed by atoms with van der Waals surface area (Å²) < 4.78 is 0. The summed E-state index contributed by atoms with van der Waals surface area (Å²) in [6.45, 7) is 6.87. The van der Waals surface area contributed by atoms with Gasteiger partial charge in [0.15, 0.2) is 0 Å². The van der Waals surface area contributed by atoms with Crippen LogP contribution in [-0.2, 0) is 6.42 Å². The third-order valence-electron chi connectivity index (χ3n) is 5.40. The van der Waals surface area contributed by atoms with Crippen molar-refractivity contribution in [3.8, 4) is 0 Å². The molecule has 0 N–H and O–H groups in total. The Labute approximate surface area is 160 Å². The van der Waals surface area contributed by atoms with E-state index in [1.165, 1.54) is 44.5 Å². The van der Waals surface area contributed by atoms with Crippen LogP contribution in [-0.4, -0.2) is 49.3 Å². The maximum Gasteiger partial charge on any atom is 0.0401 e. The van der Waals surface area contributed by atoms with Crippen molar-refractivity contribution in [1.29, 1.82) is 0 Å². The van der Waals surface area contributed by atoms with Gasteiger partial charge in [-0.3, -0.25) is 4.90 Å². The van der Waals surface area contributed by atoms with Crippen LogP contribution in [0.2, 0.25) is 0 Å². The van der Waals surface area contributed by atoms with Gasteiger partial charge in [0.05, 0.1) is 0 Å². The lowest BCUT2D eigenvalue weighted by Crippen LogP contribution is -2.46. The van der Waals surface area contributed by atoms with Crippen LogP contribution >= 0.6 is 23.5 Å². The molecule has 132 valence electrons. The first-order valence-electron chi connectivity index (χ1n) is 9.02. The normalized spacial score (nSPS) is 21.5. The van der Waals surface area contributed by atoms with Gasteiger partial charge in [-0.1, -0.05) is 29.5 Å². The standard InChI is InChI=1S/C21H26N2S2/c1-15-4-6-20-16(12-15)13-19(23-10-8-22(2)9-11-23)18-14-17(24-3)5-7-21(18)25-20/h4-7,12,14,19H,8-11,13H2,1-3H3. The Morgan fingerprint density at radius 2 is 1.76 bits per heavy atom. The molecule has 0 aromatic heterocycles. The van der Waals surface area contributed by atoms with Crippen molar-refractivity contribution >= 4 is 23.5 Å². The molecule has 2 aromatic rings. The zero-order valence-corrected chi connectivity index (χ0v) is 16.9. The summed E-state index contributed by atoms with van der Waals surface area (Å²) in [5.74, 6) is 0. The summed E-state index contributed by atoms with van der Waals surface area (Å²) in [5.41, 5.74) is 4.40. The Balaban J connectivity index is 1.77. The molecule has 0 radical (unpaired) electrons. The van der Waals surface area contributed by atoms with E-state index in [9.17, 15) is 0 Å². The van der Waals surface area contributed by atoms with Crippen molar-refractivity contribution in [3.05, 3.63) is 53.1 Å². The topological polar surface area (TPSA) is 6.48 Å². The highest BCUT2D eigenvalue weighted by atomic mass is 32.2. The van der Waals surface area contributed by atoms with E-state index in [-0.39, 0.29) is 0 Å². The SMILES string of the molecule is CSc1ccc2c(c1)C(N1CCN(C)CC1)Cc1cc(C)ccc1S2. The van der Waals surface area contributed by atoms with Gasteiger partial charge in [0, 0.05) is 46.9 Å². The fourth-order valence-electron chi connectivity index (χ4n) is 3.87. The molecule has 2 heterocycles. The minimum absolute atomic E-state index is 0.492. The first-order chi connectivity index (χ1) is 12.1. The molecule has 2 nitrogen and oxygen atoms in total. The van der Waals surface area contributed by atoms with Gasteiger partial charge in [0.1, 0.15) is 0 Å². The second-order valence-corrected chi connectivity index (χ2v) is 9.14. The predicted molar refractivity (Wildman–Crippen MR) is 109 cm³/mol. The van der Waals surface area contributed by atoms with Gasteiger partial charge in [-0.25, -0.2) is 0 Å². The average Bonchev–Trinajstić information content (AvgIpc) is 2.78. The van der Waals surface area contributed by atoms with Crippen LogP contribution < -0.4 is 0 Å². The lowest BCUT2D eigenvalue weighted by Gasteiger charge is -2.38. The van der Waals surface area contributed by atoms with Gasteiger partial charge in [0.2, 0.25) is 0 Å². The summed E-state index contributed by atoms with van der Waals surface area (Å²) >= 11 is 3.80. The summed E-state index contributed by atoms with van der Waals surface area (Å²) in [6, 6.07) is 14.5. The highest BCUT2D eigenvalue weighted by Crippen LogP contribution is 2.44. The number of rotatable bonds is 2. The number of likely N-dealkylation sites (N-methyl/N-ethyl adjacent to an activating group) is 1. The van der Waals surface area contributed by atoms with Crippen LogP contribution in [0.15, 0.2) is 51.1 Å². The van der Waals surface area contributed by atoms with E-state index in [2.05, 4.69) is 66.4 Å². The Morgan fingerprint density at radius 1 is 1.00 bits per heavy atom. The molecule has 1 saturated heterocycles. The predicted octanol–water partition coefficient (Wildman–Crippen LogP) is 4.71. The quantitative estimate of drug-likeness (QED) is 0.706. The number of piperazine rings is 1. The Hall–Kier alpha value is -0.940. The highest BCUT2D eigenvalue weighted by Gasteiger charge is 2.29. The van der Waals surface area contributed by atoms with Crippen LogP contribution in [0.25, 0.3) is 0 Å². The molecule has 4 rings (SSSR count). The van der Waals surface area contributed by atoms with Crippen molar-refractivity contribution < 1.29 is 0 Å². The van der Waals surface area contributed by atoms with E-state index < -0.39 is 0 Å². The maximum atomic E-state index is 2.71. The largest absolute Gasteiger partial charge is 0.304 e. The van der Waals surface area contributed by atoms with Crippen molar-refractivity contribution in [2.24, 2.45) is 0 Å². The van der Waals surface area contributed by atoms with Gasteiger partial charge in [-0.05, 0) is 62.0 Å². The second-order valence-electron chi connectivity index (χ2n) is 7.18. The highest BCUT2D eigenvalue weighted by molar-refractivity contribution is 7.99. The third kappa shape index (κ3) is 3.63. The monoisotopic (exact) mass is 370 g/mol. The maximum absolute atomic E-state index is 2.71. The van der Waals surface area contributed by atoms with Crippen LogP contribution in [0.5, 0.6) is 0 Å². The van der Waals surface area contributed by atoms with E-state index in [1.807, 2.05) is 23.5 Å². The molecule has 1 unspecified atom stereocenters. The van der Waals surface area contributed by atoms with E-state index in [1.54, 1.807) is 0 Å². The summed E-state index contributed by atoms with van der Waals surface area (Å²) in [6.07, 6.45) is 3.30. The summed E-state index contributed by atoms with van der Waals surface area (Å²) in [4.78, 5) is 9.39. The molecular formula is C21H26N2S2. The summed E-state index contributed by atoms with van der Waals surface area (Å²) in [7, 11) is 2.23. The van der Waals surface area contributed by atoms with Crippen LogP contribution in [0.1, 0.15) is 22.7 Å². The number of hydrogen-bond acceptors (Lipinski definition) is 4. The van der Waals surface area contributed by atoms with Gasteiger partial charge < -0.3 is 4.90 Å². The van der Waals surface area contributed by atoms with Gasteiger partial charge in [-0.15, -0.1) is 11.8 Å². The molecular weight excluding hydrogens is 344 g/mol. The molecule has 2 aromatic carbocycles. The van der Waals surface area contributed by atoms with Crippen molar-refractivity contribution in [2.45, 2.75) is 34.1 Å². The molecule has 0 aliphatic carbocycles. The molecule has 0 amide bonds. The van der Waals surface area contributed by atoms with Crippen LogP contribution in [0.3, 0.4) is 0 Å². The molecule has 1 fully saturated rings. The van der Waals surface area contributed by atoms with Crippen LogP contribution in [0, 0.1) is 6.92 Å². The first-order valence-corrected chi connectivity index (χ1v) is 11.1. The first kappa shape index (κ1) is 17.5. The molecule has 0 bridgehead atoms. The molecule has 2 aliphatic rings. The zero-order valence-electron chi connectivity index (χ0n) is 15.3. The van der Waals surface area contributed by atoms with E-state index in [0.717, 1.165) is 19.5 Å². The number of nitrogens with zero attached hydrogens (tertiary/aromatic N) is 2. The Kier molecular flexibility index (Phi) is 5.14.